The lowest BCUT2D eigenvalue weighted by molar-refractivity contribution is 0.212. The summed E-state index contributed by atoms with van der Waals surface area (Å²) in [5.74, 6) is 0.693. The Balaban J connectivity index is 2.03. The van der Waals surface area contributed by atoms with E-state index in [1.807, 2.05) is 0 Å². The van der Waals surface area contributed by atoms with Crippen molar-refractivity contribution in [3.05, 3.63) is 39.8 Å². The molecule has 0 aromatic carbocycles. The van der Waals surface area contributed by atoms with Crippen molar-refractivity contribution in [2.24, 2.45) is 5.16 Å². The Hall–Kier alpha value is -1.95. The summed E-state index contributed by atoms with van der Waals surface area (Å²) >= 11 is 1.76. The van der Waals surface area contributed by atoms with E-state index in [2.05, 4.69) is 32.6 Å². The van der Waals surface area contributed by atoms with Crippen molar-refractivity contribution in [2.45, 2.75) is 18.8 Å². The second-order valence-electron chi connectivity index (χ2n) is 4.43. The fraction of sp³-hybridized carbons (Fsp3) is 0.308. The number of oxime groups is 1. The van der Waals surface area contributed by atoms with Crippen molar-refractivity contribution in [1.29, 1.82) is 0 Å². The molecular weight excluding hydrogens is 260 g/mol. The Morgan fingerprint density at radius 3 is 3.11 bits per heavy atom. The van der Waals surface area contributed by atoms with E-state index in [0.29, 0.717) is 11.9 Å². The highest BCUT2D eigenvalue weighted by molar-refractivity contribution is 7.10. The fourth-order valence-electron chi connectivity index (χ4n) is 2.40. The van der Waals surface area contributed by atoms with Gasteiger partial charge in [-0.3, -0.25) is 0 Å². The van der Waals surface area contributed by atoms with Crippen LogP contribution in [0.15, 0.2) is 28.9 Å². The van der Waals surface area contributed by atoms with Crippen LogP contribution in [0.5, 0.6) is 0 Å². The molecule has 98 valence electrons. The van der Waals surface area contributed by atoms with Gasteiger partial charge in [0.1, 0.15) is 7.11 Å². The molecule has 3 rings (SSSR count). The summed E-state index contributed by atoms with van der Waals surface area (Å²) in [6, 6.07) is 4.21. The average molecular weight is 274 g/mol. The standard InChI is InChI=1S/C13H14N4OS/c1-18-17-11-6-8(12-3-2-4-19-12)5-10-9(11)7-15-13(14)16-10/h2-4,7-8H,5-6H2,1H3,(H2,14,15,16). The first-order chi connectivity index (χ1) is 9.28. The third-order valence-corrected chi connectivity index (χ3v) is 4.26. The number of fused-ring (bicyclic) bond motifs is 1. The van der Waals surface area contributed by atoms with Crippen LogP contribution in [0.4, 0.5) is 5.95 Å². The average Bonchev–Trinajstić information content (AvgIpc) is 2.92. The van der Waals surface area contributed by atoms with Gasteiger partial charge in [0, 0.05) is 29.0 Å². The predicted molar refractivity (Wildman–Crippen MR) is 75.4 cm³/mol. The van der Waals surface area contributed by atoms with Crippen molar-refractivity contribution >= 4 is 23.0 Å². The topological polar surface area (TPSA) is 73.4 Å². The summed E-state index contributed by atoms with van der Waals surface area (Å²) in [5, 5.41) is 6.20. The largest absolute Gasteiger partial charge is 0.399 e. The molecule has 2 aromatic rings. The number of nitrogens with zero attached hydrogens (tertiary/aromatic N) is 3. The maximum absolute atomic E-state index is 5.67. The zero-order valence-corrected chi connectivity index (χ0v) is 11.4. The van der Waals surface area contributed by atoms with Crippen LogP contribution in [0.1, 0.15) is 28.5 Å². The van der Waals surface area contributed by atoms with Gasteiger partial charge in [-0.1, -0.05) is 11.2 Å². The van der Waals surface area contributed by atoms with Crippen LogP contribution in [-0.2, 0) is 11.3 Å². The molecule has 1 unspecified atom stereocenters. The molecule has 0 aliphatic heterocycles. The molecule has 0 fully saturated rings. The fourth-order valence-corrected chi connectivity index (χ4v) is 3.23. The van der Waals surface area contributed by atoms with Gasteiger partial charge >= 0.3 is 0 Å². The summed E-state index contributed by atoms with van der Waals surface area (Å²) in [7, 11) is 1.56. The van der Waals surface area contributed by atoms with Crippen LogP contribution < -0.4 is 5.73 Å². The van der Waals surface area contributed by atoms with Crippen LogP contribution in [0, 0.1) is 0 Å². The van der Waals surface area contributed by atoms with Gasteiger partial charge < -0.3 is 10.6 Å². The van der Waals surface area contributed by atoms with Gasteiger partial charge in [-0.05, 0) is 17.9 Å². The smallest absolute Gasteiger partial charge is 0.220 e. The Labute approximate surface area is 115 Å². The Morgan fingerprint density at radius 1 is 1.47 bits per heavy atom. The van der Waals surface area contributed by atoms with E-state index in [0.717, 1.165) is 29.8 Å². The number of thiophene rings is 1. The predicted octanol–water partition coefficient (Wildman–Crippen LogP) is 2.20. The normalized spacial score (nSPS) is 20.3. The molecule has 2 N–H and O–H groups in total. The van der Waals surface area contributed by atoms with Gasteiger partial charge in [-0.15, -0.1) is 11.3 Å². The molecule has 0 radical (unpaired) electrons. The zero-order valence-electron chi connectivity index (χ0n) is 10.5. The minimum Gasteiger partial charge on any atom is -0.399 e. The summed E-state index contributed by atoms with van der Waals surface area (Å²) in [6.45, 7) is 0. The highest BCUT2D eigenvalue weighted by Gasteiger charge is 2.27. The van der Waals surface area contributed by atoms with Gasteiger partial charge in [0.15, 0.2) is 0 Å². The number of rotatable bonds is 2. The third kappa shape index (κ3) is 2.31. The third-order valence-electron chi connectivity index (χ3n) is 3.22. The second kappa shape index (κ2) is 4.97. The number of hydrogen-bond acceptors (Lipinski definition) is 6. The Bertz CT molecular complexity index is 609. The highest BCUT2D eigenvalue weighted by atomic mass is 32.1. The molecule has 0 saturated heterocycles. The molecule has 0 bridgehead atoms. The van der Waals surface area contributed by atoms with E-state index < -0.39 is 0 Å². The molecular formula is C13H14N4OS. The van der Waals surface area contributed by atoms with Crippen LogP contribution in [0.3, 0.4) is 0 Å². The van der Waals surface area contributed by atoms with Crippen molar-refractivity contribution in [2.75, 3.05) is 12.8 Å². The zero-order chi connectivity index (χ0) is 13.2. The monoisotopic (exact) mass is 274 g/mol. The molecule has 0 saturated carbocycles. The van der Waals surface area contributed by atoms with E-state index in [1.54, 1.807) is 24.6 Å². The van der Waals surface area contributed by atoms with Crippen molar-refractivity contribution in [3.8, 4) is 0 Å². The van der Waals surface area contributed by atoms with E-state index in [1.165, 1.54) is 4.88 Å². The lowest BCUT2D eigenvalue weighted by Crippen LogP contribution is -2.21. The summed E-state index contributed by atoms with van der Waals surface area (Å²) < 4.78 is 0. The number of hydrogen-bond donors (Lipinski definition) is 1. The molecule has 19 heavy (non-hydrogen) atoms. The first kappa shape index (κ1) is 12.1. The van der Waals surface area contributed by atoms with E-state index in [9.17, 15) is 0 Å². The number of aromatic nitrogens is 2. The van der Waals surface area contributed by atoms with Gasteiger partial charge in [0.05, 0.1) is 11.4 Å². The van der Waals surface area contributed by atoms with Crippen LogP contribution in [-0.4, -0.2) is 22.8 Å². The van der Waals surface area contributed by atoms with Gasteiger partial charge in [0.2, 0.25) is 5.95 Å². The van der Waals surface area contributed by atoms with Crippen molar-refractivity contribution in [3.63, 3.8) is 0 Å². The SMILES string of the molecule is CON=C1CC(c2cccs2)Cc2nc(N)ncc21. The maximum Gasteiger partial charge on any atom is 0.220 e. The van der Waals surface area contributed by atoms with Crippen LogP contribution in [0.2, 0.25) is 0 Å². The lowest BCUT2D eigenvalue weighted by Gasteiger charge is -2.23. The van der Waals surface area contributed by atoms with E-state index >= 15 is 0 Å². The summed E-state index contributed by atoms with van der Waals surface area (Å²) in [5.41, 5.74) is 8.47. The van der Waals surface area contributed by atoms with Gasteiger partial charge in [-0.25, -0.2) is 9.97 Å². The van der Waals surface area contributed by atoms with Crippen molar-refractivity contribution in [1.82, 2.24) is 9.97 Å². The Morgan fingerprint density at radius 2 is 2.37 bits per heavy atom. The minimum absolute atomic E-state index is 0.308. The molecule has 2 aromatic heterocycles. The van der Waals surface area contributed by atoms with Gasteiger partial charge in [-0.2, -0.15) is 0 Å². The first-order valence-electron chi connectivity index (χ1n) is 6.03. The second-order valence-corrected chi connectivity index (χ2v) is 5.41. The first-order valence-corrected chi connectivity index (χ1v) is 6.91. The number of nitrogens with two attached hydrogens (primary N) is 1. The van der Waals surface area contributed by atoms with E-state index in [4.69, 9.17) is 10.6 Å². The quantitative estimate of drug-likeness (QED) is 0.852. The summed E-state index contributed by atoms with van der Waals surface area (Å²) in [4.78, 5) is 14.7. The highest BCUT2D eigenvalue weighted by Crippen LogP contribution is 2.34. The number of anilines is 1. The van der Waals surface area contributed by atoms with Crippen LogP contribution >= 0.6 is 11.3 Å². The number of nitrogen functional groups attached to an aromatic ring is 1. The lowest BCUT2D eigenvalue weighted by atomic mass is 9.85. The van der Waals surface area contributed by atoms with E-state index in [-0.39, 0.29) is 0 Å². The van der Waals surface area contributed by atoms with Gasteiger partial charge in [0.25, 0.3) is 0 Å². The Kier molecular flexibility index (Phi) is 3.16. The molecule has 6 heteroatoms. The molecule has 2 heterocycles. The summed E-state index contributed by atoms with van der Waals surface area (Å²) in [6.07, 6.45) is 3.44. The molecule has 5 nitrogen and oxygen atoms in total. The molecule has 0 spiro atoms. The van der Waals surface area contributed by atoms with Crippen molar-refractivity contribution < 1.29 is 4.84 Å². The molecule has 1 aliphatic carbocycles. The molecule has 0 amide bonds. The maximum atomic E-state index is 5.67. The van der Waals surface area contributed by atoms with Crippen LogP contribution in [0.25, 0.3) is 0 Å². The molecule has 1 aliphatic rings. The molecule has 1 atom stereocenters. The minimum atomic E-state index is 0.308.